The van der Waals surface area contributed by atoms with Crippen LogP contribution in [0.25, 0.3) is 0 Å². The Hall–Kier alpha value is -1.07. The second-order valence-electron chi connectivity index (χ2n) is 4.08. The summed E-state index contributed by atoms with van der Waals surface area (Å²) >= 11 is 0. The lowest BCUT2D eigenvalue weighted by Gasteiger charge is -2.33. The SMILES string of the molecule is CC.N#CC1(C2=CCCC=C2)CCNCC1. The number of piperidine rings is 1. The number of rotatable bonds is 1. The van der Waals surface area contributed by atoms with E-state index in [9.17, 15) is 5.26 Å². The summed E-state index contributed by atoms with van der Waals surface area (Å²) in [7, 11) is 0. The molecule has 0 amide bonds. The first kappa shape index (κ1) is 13.0. The average Bonchev–Trinajstić information content (AvgIpc) is 2.43. The van der Waals surface area contributed by atoms with Crippen LogP contribution >= 0.6 is 0 Å². The molecule has 2 rings (SSSR count). The maximum absolute atomic E-state index is 9.34. The maximum atomic E-state index is 9.34. The van der Waals surface area contributed by atoms with Gasteiger partial charge in [-0.1, -0.05) is 32.1 Å². The van der Waals surface area contributed by atoms with Gasteiger partial charge in [-0.25, -0.2) is 0 Å². The number of nitriles is 1. The molecule has 1 fully saturated rings. The van der Waals surface area contributed by atoms with Gasteiger partial charge in [0.2, 0.25) is 0 Å². The average molecular weight is 218 g/mol. The van der Waals surface area contributed by atoms with Crippen molar-refractivity contribution in [2.24, 2.45) is 5.41 Å². The Labute approximate surface area is 99.0 Å². The minimum atomic E-state index is -0.192. The molecule has 1 saturated heterocycles. The van der Waals surface area contributed by atoms with Crippen LogP contribution in [0.5, 0.6) is 0 Å². The van der Waals surface area contributed by atoms with Gasteiger partial charge in [0.1, 0.15) is 0 Å². The van der Waals surface area contributed by atoms with E-state index in [2.05, 4.69) is 29.6 Å². The van der Waals surface area contributed by atoms with Crippen LogP contribution in [-0.2, 0) is 0 Å². The van der Waals surface area contributed by atoms with Gasteiger partial charge in [-0.05, 0) is 44.3 Å². The van der Waals surface area contributed by atoms with Crippen LogP contribution in [0.1, 0.15) is 39.5 Å². The highest BCUT2D eigenvalue weighted by atomic mass is 14.9. The molecule has 0 aromatic rings. The fourth-order valence-corrected chi connectivity index (χ4v) is 2.29. The summed E-state index contributed by atoms with van der Waals surface area (Å²) in [5, 5.41) is 12.7. The Morgan fingerprint density at radius 2 is 1.94 bits per heavy atom. The molecule has 2 aliphatic rings. The lowest BCUT2D eigenvalue weighted by atomic mass is 9.72. The molecule has 1 heterocycles. The van der Waals surface area contributed by atoms with Gasteiger partial charge in [0.25, 0.3) is 0 Å². The molecule has 2 nitrogen and oxygen atoms in total. The minimum Gasteiger partial charge on any atom is -0.317 e. The molecule has 0 radical (unpaired) electrons. The summed E-state index contributed by atoms with van der Waals surface area (Å²) in [5.74, 6) is 0. The molecule has 16 heavy (non-hydrogen) atoms. The number of hydrogen-bond donors (Lipinski definition) is 1. The Morgan fingerprint density at radius 1 is 1.25 bits per heavy atom. The van der Waals surface area contributed by atoms with Crippen molar-refractivity contribution in [2.45, 2.75) is 39.5 Å². The molecule has 1 aliphatic heterocycles. The largest absolute Gasteiger partial charge is 0.317 e. The molecule has 0 aromatic carbocycles. The summed E-state index contributed by atoms with van der Waals surface area (Å²) in [4.78, 5) is 0. The first-order chi connectivity index (χ1) is 7.87. The number of hydrogen-bond acceptors (Lipinski definition) is 2. The summed E-state index contributed by atoms with van der Waals surface area (Å²) in [5.41, 5.74) is 1.06. The van der Waals surface area contributed by atoms with Crippen LogP contribution < -0.4 is 5.32 Å². The molecule has 0 aromatic heterocycles. The Bertz CT molecular complexity index is 301. The van der Waals surface area contributed by atoms with E-state index in [4.69, 9.17) is 0 Å². The van der Waals surface area contributed by atoms with Gasteiger partial charge in [0.05, 0.1) is 11.5 Å². The van der Waals surface area contributed by atoms with E-state index in [0.717, 1.165) is 38.8 Å². The fraction of sp³-hybridized carbons (Fsp3) is 0.643. The molecule has 0 saturated carbocycles. The molecular weight excluding hydrogens is 196 g/mol. The normalized spacial score (nSPS) is 22.4. The Morgan fingerprint density at radius 3 is 2.44 bits per heavy atom. The van der Waals surface area contributed by atoms with Crippen molar-refractivity contribution in [2.75, 3.05) is 13.1 Å². The quantitative estimate of drug-likeness (QED) is 0.733. The molecule has 1 N–H and O–H groups in total. The number of nitrogens with one attached hydrogen (secondary N) is 1. The molecule has 0 spiro atoms. The second-order valence-corrected chi connectivity index (χ2v) is 4.08. The van der Waals surface area contributed by atoms with Crippen molar-refractivity contribution in [3.63, 3.8) is 0 Å². The fourth-order valence-electron chi connectivity index (χ4n) is 2.29. The van der Waals surface area contributed by atoms with Crippen LogP contribution in [-0.4, -0.2) is 13.1 Å². The highest BCUT2D eigenvalue weighted by Crippen LogP contribution is 2.38. The van der Waals surface area contributed by atoms with Crippen LogP contribution in [0, 0.1) is 16.7 Å². The van der Waals surface area contributed by atoms with E-state index in [1.54, 1.807) is 0 Å². The van der Waals surface area contributed by atoms with Crippen molar-refractivity contribution < 1.29 is 0 Å². The smallest absolute Gasteiger partial charge is 0.0843 e. The summed E-state index contributed by atoms with van der Waals surface area (Å²) in [6.45, 7) is 5.94. The molecule has 2 heteroatoms. The zero-order chi connectivity index (χ0) is 11.9. The monoisotopic (exact) mass is 218 g/mol. The van der Waals surface area contributed by atoms with Crippen molar-refractivity contribution >= 4 is 0 Å². The van der Waals surface area contributed by atoms with Gasteiger partial charge >= 0.3 is 0 Å². The summed E-state index contributed by atoms with van der Waals surface area (Å²) in [6, 6.07) is 2.53. The second kappa shape index (κ2) is 6.50. The lowest BCUT2D eigenvalue weighted by molar-refractivity contribution is 0.338. The van der Waals surface area contributed by atoms with Gasteiger partial charge in [-0.3, -0.25) is 0 Å². The highest BCUT2D eigenvalue weighted by molar-refractivity contribution is 5.35. The Balaban J connectivity index is 0.000000606. The van der Waals surface area contributed by atoms with Crippen LogP contribution in [0.2, 0.25) is 0 Å². The van der Waals surface area contributed by atoms with Crippen molar-refractivity contribution in [3.8, 4) is 6.07 Å². The first-order valence-corrected chi connectivity index (χ1v) is 6.37. The van der Waals surface area contributed by atoms with Crippen molar-refractivity contribution in [3.05, 3.63) is 23.8 Å². The van der Waals surface area contributed by atoms with E-state index in [1.807, 2.05) is 13.8 Å². The number of nitrogens with zero attached hydrogens (tertiary/aromatic N) is 1. The predicted octanol–water partition coefficient (Wildman–Crippen LogP) is 3.18. The van der Waals surface area contributed by atoms with E-state index in [-0.39, 0.29) is 5.41 Å². The van der Waals surface area contributed by atoms with Crippen LogP contribution in [0.4, 0.5) is 0 Å². The van der Waals surface area contributed by atoms with Gasteiger partial charge in [0.15, 0.2) is 0 Å². The number of allylic oxidation sites excluding steroid dienone is 4. The third kappa shape index (κ3) is 2.74. The maximum Gasteiger partial charge on any atom is 0.0843 e. The summed E-state index contributed by atoms with van der Waals surface area (Å²) < 4.78 is 0. The first-order valence-electron chi connectivity index (χ1n) is 6.37. The molecular formula is C14H22N2. The van der Waals surface area contributed by atoms with Crippen LogP contribution in [0.15, 0.2) is 23.8 Å². The molecule has 1 aliphatic carbocycles. The zero-order valence-electron chi connectivity index (χ0n) is 10.4. The Kier molecular flexibility index (Phi) is 5.28. The predicted molar refractivity (Wildman–Crippen MR) is 68.0 cm³/mol. The van der Waals surface area contributed by atoms with E-state index in [0.29, 0.717) is 0 Å². The standard InChI is InChI=1S/C12H16N2.C2H6/c13-10-12(6-8-14-9-7-12)11-4-2-1-3-5-11;1-2/h2,4-5,14H,1,3,6-9H2;1-2H3. The third-order valence-corrected chi connectivity index (χ3v) is 3.22. The highest BCUT2D eigenvalue weighted by Gasteiger charge is 2.34. The molecule has 88 valence electrons. The molecule has 0 atom stereocenters. The third-order valence-electron chi connectivity index (χ3n) is 3.22. The zero-order valence-corrected chi connectivity index (χ0v) is 10.4. The van der Waals surface area contributed by atoms with Gasteiger partial charge in [0, 0.05) is 0 Å². The van der Waals surface area contributed by atoms with Crippen molar-refractivity contribution in [1.82, 2.24) is 5.32 Å². The molecule has 0 bridgehead atoms. The van der Waals surface area contributed by atoms with Gasteiger partial charge in [-0.15, -0.1) is 0 Å². The van der Waals surface area contributed by atoms with Gasteiger partial charge < -0.3 is 5.32 Å². The molecule has 0 unspecified atom stereocenters. The van der Waals surface area contributed by atoms with Crippen molar-refractivity contribution in [1.29, 1.82) is 5.26 Å². The van der Waals surface area contributed by atoms with Gasteiger partial charge in [-0.2, -0.15) is 5.26 Å². The topological polar surface area (TPSA) is 35.8 Å². The van der Waals surface area contributed by atoms with E-state index < -0.39 is 0 Å². The lowest BCUT2D eigenvalue weighted by Crippen LogP contribution is -2.36. The van der Waals surface area contributed by atoms with E-state index >= 15 is 0 Å². The van der Waals surface area contributed by atoms with Crippen LogP contribution in [0.3, 0.4) is 0 Å². The summed E-state index contributed by atoms with van der Waals surface area (Å²) in [6.07, 6.45) is 10.7. The minimum absolute atomic E-state index is 0.192. The van der Waals surface area contributed by atoms with E-state index in [1.165, 1.54) is 5.57 Å².